The third-order valence-electron chi connectivity index (χ3n) is 6.91. The Morgan fingerprint density at radius 1 is 1.00 bits per heavy atom. The molecular formula is C27H34N2O3. The van der Waals surface area contributed by atoms with E-state index in [1.165, 1.54) is 0 Å². The van der Waals surface area contributed by atoms with Crippen LogP contribution in [0.2, 0.25) is 0 Å². The number of carbonyl (C=O) groups excluding carboxylic acids is 2. The largest absolute Gasteiger partial charge is 0.444 e. The van der Waals surface area contributed by atoms with Gasteiger partial charge in [0.25, 0.3) is 5.91 Å². The molecule has 5 heteroatoms. The van der Waals surface area contributed by atoms with Gasteiger partial charge < -0.3 is 10.1 Å². The lowest BCUT2D eigenvalue weighted by molar-refractivity contribution is 0.00270. The molecule has 0 unspecified atom stereocenters. The Bertz CT molecular complexity index is 981. The van der Waals surface area contributed by atoms with Crippen LogP contribution in [0.25, 0.3) is 0 Å². The molecule has 2 saturated heterocycles. The Labute approximate surface area is 191 Å². The third kappa shape index (κ3) is 4.01. The Balaban J connectivity index is 1.74. The van der Waals surface area contributed by atoms with Crippen LogP contribution in [0.5, 0.6) is 0 Å². The first-order valence-electron chi connectivity index (χ1n) is 11.6. The molecule has 32 heavy (non-hydrogen) atoms. The SMILES string of the molecule is Cc1cccc(C)c1C(=O)N[C@H](c1ccccc1)C12CCC(CC1)N2C(=O)OC(C)(C)C. The van der Waals surface area contributed by atoms with E-state index in [9.17, 15) is 9.59 Å². The lowest BCUT2D eigenvalue weighted by Crippen LogP contribution is -2.55. The second-order valence-corrected chi connectivity index (χ2v) is 10.3. The molecule has 0 spiro atoms. The summed E-state index contributed by atoms with van der Waals surface area (Å²) < 4.78 is 5.82. The fourth-order valence-corrected chi connectivity index (χ4v) is 5.58. The molecule has 2 amide bonds. The highest BCUT2D eigenvalue weighted by atomic mass is 16.6. The fraction of sp³-hybridized carbons (Fsp3) is 0.481. The van der Waals surface area contributed by atoms with Crippen molar-refractivity contribution in [3.63, 3.8) is 0 Å². The van der Waals surface area contributed by atoms with Gasteiger partial charge in [-0.25, -0.2) is 4.79 Å². The standard InChI is InChI=1S/C27H34N2O3/c1-18-10-9-11-19(2)22(18)24(30)28-23(20-12-7-6-8-13-20)27-16-14-21(15-17-27)29(27)25(31)32-26(3,4)5/h6-13,21,23H,14-17H2,1-5H3,(H,28,30)/t21?,23-,27?/m1/s1. The second-order valence-electron chi connectivity index (χ2n) is 10.3. The van der Waals surface area contributed by atoms with Crippen LogP contribution in [-0.4, -0.2) is 34.1 Å². The number of hydrogen-bond acceptors (Lipinski definition) is 3. The topological polar surface area (TPSA) is 58.6 Å². The summed E-state index contributed by atoms with van der Waals surface area (Å²) in [6, 6.07) is 15.8. The number of nitrogens with zero attached hydrogens (tertiary/aromatic N) is 1. The van der Waals surface area contributed by atoms with E-state index in [1.807, 2.05) is 88.0 Å². The monoisotopic (exact) mass is 434 g/mol. The normalized spacial score (nSPS) is 23.2. The van der Waals surface area contributed by atoms with Crippen molar-refractivity contribution < 1.29 is 14.3 Å². The Kier molecular flexibility index (Phi) is 5.78. The molecule has 2 bridgehead atoms. The summed E-state index contributed by atoms with van der Waals surface area (Å²) in [7, 11) is 0. The third-order valence-corrected chi connectivity index (χ3v) is 6.91. The number of rotatable bonds is 4. The number of hydrogen-bond donors (Lipinski definition) is 1. The molecule has 170 valence electrons. The van der Waals surface area contributed by atoms with Crippen molar-refractivity contribution in [1.82, 2.24) is 10.2 Å². The van der Waals surface area contributed by atoms with Crippen LogP contribution in [0.3, 0.4) is 0 Å². The molecule has 4 rings (SSSR count). The zero-order chi connectivity index (χ0) is 23.1. The van der Waals surface area contributed by atoms with Crippen LogP contribution >= 0.6 is 0 Å². The first-order chi connectivity index (χ1) is 15.1. The van der Waals surface area contributed by atoms with Crippen molar-refractivity contribution >= 4 is 12.0 Å². The average molecular weight is 435 g/mol. The van der Waals surface area contributed by atoms with Crippen LogP contribution in [0.4, 0.5) is 4.79 Å². The second kappa shape index (κ2) is 8.27. The predicted octanol–water partition coefficient (Wildman–Crippen LogP) is 5.71. The summed E-state index contributed by atoms with van der Waals surface area (Å²) in [5.74, 6) is -0.0942. The Morgan fingerprint density at radius 2 is 1.59 bits per heavy atom. The first kappa shape index (κ1) is 22.4. The van der Waals surface area contributed by atoms with E-state index in [4.69, 9.17) is 4.74 Å². The van der Waals surface area contributed by atoms with Gasteiger partial charge in [0.2, 0.25) is 0 Å². The fourth-order valence-electron chi connectivity index (χ4n) is 5.58. The summed E-state index contributed by atoms with van der Waals surface area (Å²) in [4.78, 5) is 28.8. The van der Waals surface area contributed by atoms with Gasteiger partial charge in [0.05, 0.1) is 11.6 Å². The van der Waals surface area contributed by atoms with E-state index in [0.717, 1.165) is 42.4 Å². The van der Waals surface area contributed by atoms with E-state index in [-0.39, 0.29) is 24.1 Å². The van der Waals surface area contributed by atoms with Gasteiger partial charge in [0.1, 0.15) is 5.60 Å². The van der Waals surface area contributed by atoms with Crippen molar-refractivity contribution in [3.05, 3.63) is 70.8 Å². The minimum absolute atomic E-state index is 0.0942. The molecule has 2 heterocycles. The maximum Gasteiger partial charge on any atom is 0.411 e. The number of ether oxygens (including phenoxy) is 1. The molecule has 0 radical (unpaired) electrons. The Hall–Kier alpha value is -2.82. The average Bonchev–Trinajstić information content (AvgIpc) is 3.28. The lowest BCUT2D eigenvalue weighted by Gasteiger charge is -2.42. The summed E-state index contributed by atoms with van der Waals surface area (Å²) >= 11 is 0. The van der Waals surface area contributed by atoms with Crippen molar-refractivity contribution in [2.75, 3.05) is 0 Å². The van der Waals surface area contributed by atoms with E-state index in [2.05, 4.69) is 5.32 Å². The number of carbonyl (C=O) groups is 2. The highest BCUT2D eigenvalue weighted by Crippen LogP contribution is 2.53. The van der Waals surface area contributed by atoms with Crippen LogP contribution < -0.4 is 5.32 Å². The predicted molar refractivity (Wildman–Crippen MR) is 126 cm³/mol. The zero-order valence-corrected chi connectivity index (χ0v) is 19.8. The summed E-state index contributed by atoms with van der Waals surface area (Å²) in [5.41, 5.74) is 2.58. The molecule has 1 atom stereocenters. The summed E-state index contributed by atoms with van der Waals surface area (Å²) in [6.07, 6.45) is 3.29. The van der Waals surface area contributed by atoms with Gasteiger partial charge in [-0.3, -0.25) is 9.69 Å². The number of amides is 2. The maximum atomic E-state index is 13.6. The minimum Gasteiger partial charge on any atom is -0.444 e. The molecule has 2 aromatic rings. The van der Waals surface area contributed by atoms with Crippen molar-refractivity contribution in [3.8, 4) is 0 Å². The van der Waals surface area contributed by atoms with E-state index >= 15 is 0 Å². The molecule has 2 fully saturated rings. The molecule has 0 aromatic heterocycles. The quantitative estimate of drug-likeness (QED) is 0.671. The van der Waals surface area contributed by atoms with Crippen molar-refractivity contribution in [2.24, 2.45) is 0 Å². The van der Waals surface area contributed by atoms with Gasteiger partial charge >= 0.3 is 6.09 Å². The molecule has 2 aliphatic heterocycles. The highest BCUT2D eigenvalue weighted by Gasteiger charge is 2.59. The van der Waals surface area contributed by atoms with Crippen molar-refractivity contribution in [2.45, 2.75) is 83.5 Å². The van der Waals surface area contributed by atoms with Gasteiger partial charge in [0.15, 0.2) is 0 Å². The van der Waals surface area contributed by atoms with Crippen LogP contribution in [0, 0.1) is 13.8 Å². The molecule has 2 aliphatic rings. The number of aryl methyl sites for hydroxylation is 2. The van der Waals surface area contributed by atoms with Crippen LogP contribution in [-0.2, 0) is 4.74 Å². The van der Waals surface area contributed by atoms with Gasteiger partial charge in [-0.15, -0.1) is 0 Å². The molecule has 0 aliphatic carbocycles. The smallest absolute Gasteiger partial charge is 0.411 e. The van der Waals surface area contributed by atoms with E-state index in [1.54, 1.807) is 0 Å². The Morgan fingerprint density at radius 3 is 2.16 bits per heavy atom. The highest BCUT2D eigenvalue weighted by molar-refractivity contribution is 5.97. The molecule has 0 saturated carbocycles. The number of fused-ring (bicyclic) bond motifs is 2. The maximum absolute atomic E-state index is 13.6. The van der Waals surface area contributed by atoms with Crippen molar-refractivity contribution in [1.29, 1.82) is 0 Å². The number of nitrogens with one attached hydrogen (secondary N) is 1. The minimum atomic E-state index is -0.565. The van der Waals surface area contributed by atoms with Gasteiger partial charge in [0, 0.05) is 11.6 Å². The van der Waals surface area contributed by atoms with Gasteiger partial charge in [-0.1, -0.05) is 48.5 Å². The first-order valence-corrected chi connectivity index (χ1v) is 11.6. The summed E-state index contributed by atoms with van der Waals surface area (Å²) in [6.45, 7) is 9.62. The number of benzene rings is 2. The molecule has 5 nitrogen and oxygen atoms in total. The molecule has 2 aromatic carbocycles. The van der Waals surface area contributed by atoms with E-state index in [0.29, 0.717) is 5.56 Å². The summed E-state index contributed by atoms with van der Waals surface area (Å²) in [5, 5.41) is 3.35. The van der Waals surface area contributed by atoms with Crippen LogP contribution in [0.1, 0.15) is 79.5 Å². The zero-order valence-electron chi connectivity index (χ0n) is 19.8. The van der Waals surface area contributed by atoms with Gasteiger partial charge in [-0.2, -0.15) is 0 Å². The van der Waals surface area contributed by atoms with Crippen LogP contribution in [0.15, 0.2) is 48.5 Å². The lowest BCUT2D eigenvalue weighted by atomic mass is 9.78. The van der Waals surface area contributed by atoms with Gasteiger partial charge in [-0.05, 0) is 77.0 Å². The van der Waals surface area contributed by atoms with E-state index < -0.39 is 11.1 Å². The molecular weight excluding hydrogens is 400 g/mol. The molecule has 1 N–H and O–H groups in total.